The molecule has 0 aliphatic rings. The average Bonchev–Trinajstić information content (AvgIpc) is 2.86. The number of hydrogen-bond donors (Lipinski definition) is 2. The molecule has 0 aliphatic heterocycles. The van der Waals surface area contributed by atoms with Crippen molar-refractivity contribution in [3.63, 3.8) is 0 Å². The molecular formula is C28H25N3O3. The monoisotopic (exact) mass is 451 g/mol. The van der Waals surface area contributed by atoms with Gasteiger partial charge in [-0.05, 0) is 66.4 Å². The molecule has 0 saturated carbocycles. The van der Waals surface area contributed by atoms with Crippen LogP contribution in [0.3, 0.4) is 0 Å². The first kappa shape index (κ1) is 22.9. The van der Waals surface area contributed by atoms with Gasteiger partial charge in [0.15, 0.2) is 0 Å². The number of hydrogen-bond acceptors (Lipinski definition) is 5. The van der Waals surface area contributed by atoms with Crippen molar-refractivity contribution in [2.75, 3.05) is 0 Å². The van der Waals surface area contributed by atoms with Crippen LogP contribution >= 0.6 is 0 Å². The van der Waals surface area contributed by atoms with Gasteiger partial charge < -0.3 is 10.3 Å². The Labute approximate surface area is 198 Å². The maximum Gasteiger partial charge on any atom is 0.335 e. The van der Waals surface area contributed by atoms with Crippen molar-refractivity contribution < 1.29 is 15.1 Å². The molecule has 2 N–H and O–H groups in total. The van der Waals surface area contributed by atoms with Gasteiger partial charge in [-0.3, -0.25) is 9.97 Å². The number of carboxylic acids is 1. The van der Waals surface area contributed by atoms with Gasteiger partial charge in [-0.25, -0.2) is 4.79 Å². The Balaban J connectivity index is 1.69. The highest BCUT2D eigenvalue weighted by molar-refractivity contribution is 6.01. The van der Waals surface area contributed by atoms with Gasteiger partial charge >= 0.3 is 5.97 Å². The van der Waals surface area contributed by atoms with Crippen LogP contribution in [0.5, 0.6) is 0 Å². The van der Waals surface area contributed by atoms with Gasteiger partial charge in [-0.15, -0.1) is 0 Å². The van der Waals surface area contributed by atoms with Crippen LogP contribution in [0.25, 0.3) is 11.1 Å². The number of aromatic carboxylic acids is 1. The fraction of sp³-hybridized carbons (Fsp3) is 0.143. The van der Waals surface area contributed by atoms with E-state index in [1.54, 1.807) is 36.7 Å². The van der Waals surface area contributed by atoms with Crippen LogP contribution in [0.4, 0.5) is 0 Å². The summed E-state index contributed by atoms with van der Waals surface area (Å²) in [5.74, 6) is -1.06. The largest absolute Gasteiger partial charge is 0.478 e. The van der Waals surface area contributed by atoms with Crippen LogP contribution in [-0.2, 0) is 0 Å². The number of carbonyl (C=O) groups is 1. The van der Waals surface area contributed by atoms with Crippen LogP contribution in [0, 0.1) is 13.8 Å². The lowest BCUT2D eigenvalue weighted by atomic mass is 9.86. The fourth-order valence-corrected chi connectivity index (χ4v) is 4.08. The van der Waals surface area contributed by atoms with Gasteiger partial charge in [-0.2, -0.15) is 0 Å². The maximum atomic E-state index is 11.1. The van der Waals surface area contributed by atoms with Crippen LogP contribution in [0.2, 0.25) is 0 Å². The van der Waals surface area contributed by atoms with Crippen LogP contribution < -0.4 is 0 Å². The molecule has 0 fully saturated rings. The molecule has 6 heteroatoms. The quantitative estimate of drug-likeness (QED) is 0.208. The molecule has 0 amide bonds. The van der Waals surface area contributed by atoms with Crippen LogP contribution in [-0.4, -0.2) is 32.0 Å². The van der Waals surface area contributed by atoms with Gasteiger partial charge in [0.1, 0.15) is 0 Å². The van der Waals surface area contributed by atoms with E-state index >= 15 is 0 Å². The number of aryl methyl sites for hydroxylation is 2. The first-order chi connectivity index (χ1) is 16.5. The zero-order chi connectivity index (χ0) is 24.1. The Morgan fingerprint density at radius 1 is 0.882 bits per heavy atom. The van der Waals surface area contributed by atoms with Gasteiger partial charge in [-0.1, -0.05) is 47.6 Å². The molecule has 0 bridgehead atoms. The minimum absolute atomic E-state index is 0.121. The molecule has 1 atom stereocenters. The maximum absolute atomic E-state index is 11.1. The van der Waals surface area contributed by atoms with E-state index in [-0.39, 0.29) is 11.5 Å². The first-order valence-corrected chi connectivity index (χ1v) is 11.0. The number of rotatable bonds is 7. The molecule has 0 saturated heterocycles. The third kappa shape index (κ3) is 5.02. The molecule has 0 aliphatic carbocycles. The Kier molecular flexibility index (Phi) is 6.78. The second kappa shape index (κ2) is 10.1. The highest BCUT2D eigenvalue weighted by Gasteiger charge is 2.22. The topological polar surface area (TPSA) is 95.7 Å². The van der Waals surface area contributed by atoms with E-state index in [4.69, 9.17) is 5.11 Å². The molecular weight excluding hydrogens is 426 g/mol. The van der Waals surface area contributed by atoms with Gasteiger partial charge in [0.2, 0.25) is 0 Å². The van der Waals surface area contributed by atoms with Crippen molar-refractivity contribution in [3.8, 4) is 11.1 Å². The summed E-state index contributed by atoms with van der Waals surface area (Å²) in [4.78, 5) is 20.0. The van der Waals surface area contributed by atoms with Crippen molar-refractivity contribution in [1.29, 1.82) is 0 Å². The van der Waals surface area contributed by atoms with E-state index in [0.29, 0.717) is 12.1 Å². The van der Waals surface area contributed by atoms with Crippen molar-refractivity contribution in [2.24, 2.45) is 5.16 Å². The predicted molar refractivity (Wildman–Crippen MR) is 132 cm³/mol. The molecule has 2 heterocycles. The highest BCUT2D eigenvalue weighted by atomic mass is 16.4. The van der Waals surface area contributed by atoms with Crippen LogP contribution in [0.1, 0.15) is 50.8 Å². The first-order valence-electron chi connectivity index (χ1n) is 11.0. The Morgan fingerprint density at radius 3 is 2.15 bits per heavy atom. The summed E-state index contributed by atoms with van der Waals surface area (Å²) in [6, 6.07) is 22.6. The normalized spacial score (nSPS) is 12.4. The third-order valence-electron chi connectivity index (χ3n) is 5.91. The fourth-order valence-electron chi connectivity index (χ4n) is 4.08. The molecule has 2 aromatic heterocycles. The number of oxime groups is 1. The van der Waals surface area contributed by atoms with E-state index < -0.39 is 5.97 Å². The molecule has 34 heavy (non-hydrogen) atoms. The van der Waals surface area contributed by atoms with Crippen LogP contribution in [0.15, 0.2) is 90.3 Å². The number of pyridine rings is 2. The Bertz CT molecular complexity index is 1330. The van der Waals surface area contributed by atoms with Crippen molar-refractivity contribution in [3.05, 3.63) is 119 Å². The number of carboxylic acid groups (broad SMARTS) is 1. The Hall–Kier alpha value is -4.32. The molecule has 4 rings (SSSR count). The van der Waals surface area contributed by atoms with Gasteiger partial charge in [0.05, 0.1) is 17.0 Å². The zero-order valence-corrected chi connectivity index (χ0v) is 19.0. The summed E-state index contributed by atoms with van der Waals surface area (Å²) in [5.41, 5.74) is 7.44. The van der Waals surface area contributed by atoms with E-state index in [2.05, 4.69) is 15.1 Å². The second-order valence-corrected chi connectivity index (χ2v) is 8.20. The SMILES string of the molecule is Cc1cc(/C(CC(c2ccc(-c3ccc(C(=O)O)cc3)cc2)c2ncccc2C)=N/O)ccn1. The van der Waals surface area contributed by atoms with Gasteiger partial charge in [0, 0.05) is 36.0 Å². The molecule has 6 nitrogen and oxygen atoms in total. The van der Waals surface area contributed by atoms with Gasteiger partial charge in [0.25, 0.3) is 0 Å². The zero-order valence-electron chi connectivity index (χ0n) is 19.0. The minimum Gasteiger partial charge on any atom is -0.478 e. The number of benzene rings is 2. The Morgan fingerprint density at radius 2 is 1.56 bits per heavy atom. The molecule has 0 radical (unpaired) electrons. The molecule has 0 spiro atoms. The lowest BCUT2D eigenvalue weighted by molar-refractivity contribution is 0.0697. The summed E-state index contributed by atoms with van der Waals surface area (Å²) in [7, 11) is 0. The highest BCUT2D eigenvalue weighted by Crippen LogP contribution is 2.32. The number of aromatic nitrogens is 2. The minimum atomic E-state index is -0.943. The summed E-state index contributed by atoms with van der Waals surface area (Å²) in [6.07, 6.45) is 3.95. The third-order valence-corrected chi connectivity index (χ3v) is 5.91. The van der Waals surface area contributed by atoms with E-state index in [1.165, 1.54) is 0 Å². The lowest BCUT2D eigenvalue weighted by Crippen LogP contribution is -2.13. The van der Waals surface area contributed by atoms with Crippen molar-refractivity contribution in [1.82, 2.24) is 9.97 Å². The molecule has 170 valence electrons. The standard InChI is InChI=1S/C28H25N3O3/c1-18-4-3-14-30-27(18)25(17-26(31-34)24-13-15-29-19(2)16-24)22-9-5-20(6-10-22)21-7-11-23(12-8-21)28(32)33/h3-16,25,34H,17H2,1-2H3,(H,32,33)/b31-26+. The summed E-state index contributed by atoms with van der Waals surface area (Å²) >= 11 is 0. The van der Waals surface area contributed by atoms with Crippen molar-refractivity contribution >= 4 is 11.7 Å². The van der Waals surface area contributed by atoms with E-state index in [0.717, 1.165) is 39.2 Å². The van der Waals surface area contributed by atoms with Crippen molar-refractivity contribution in [2.45, 2.75) is 26.2 Å². The summed E-state index contributed by atoms with van der Waals surface area (Å²) < 4.78 is 0. The summed E-state index contributed by atoms with van der Waals surface area (Å²) in [6.45, 7) is 3.93. The predicted octanol–water partition coefficient (Wildman–Crippen LogP) is 5.86. The van der Waals surface area contributed by atoms with E-state index in [9.17, 15) is 10.0 Å². The molecule has 2 aromatic carbocycles. The lowest BCUT2D eigenvalue weighted by Gasteiger charge is -2.20. The molecule has 4 aromatic rings. The second-order valence-electron chi connectivity index (χ2n) is 8.20. The summed E-state index contributed by atoms with van der Waals surface area (Å²) in [5, 5.41) is 22.6. The average molecular weight is 452 g/mol. The van der Waals surface area contributed by atoms with E-state index in [1.807, 2.05) is 62.4 Å². The smallest absolute Gasteiger partial charge is 0.335 e. The molecule has 1 unspecified atom stereocenters. The number of nitrogens with zero attached hydrogens (tertiary/aromatic N) is 3.